The van der Waals surface area contributed by atoms with E-state index in [1.807, 2.05) is 35.2 Å². The molecule has 4 aromatic rings. The van der Waals surface area contributed by atoms with Gasteiger partial charge in [0.2, 0.25) is 5.91 Å². The van der Waals surface area contributed by atoms with Gasteiger partial charge in [0.05, 0.1) is 25.4 Å². The molecule has 41 heavy (non-hydrogen) atoms. The Balaban J connectivity index is 1.43. The highest BCUT2D eigenvalue weighted by Crippen LogP contribution is 2.41. The first-order valence-electron chi connectivity index (χ1n) is 14.3. The summed E-state index contributed by atoms with van der Waals surface area (Å²) in [6, 6.07) is 14.2. The number of methoxy groups -OCH3 is 1. The third-order valence-corrected chi connectivity index (χ3v) is 8.04. The summed E-state index contributed by atoms with van der Waals surface area (Å²) in [7, 11) is 5.24. The third-order valence-electron chi connectivity index (χ3n) is 8.04. The monoisotopic (exact) mass is 552 g/mol. The molecule has 6 rings (SSSR count). The number of benzene rings is 2. The molecule has 0 radical (unpaired) electrons. The number of aromatic nitrogens is 4. The predicted molar refractivity (Wildman–Crippen MR) is 158 cm³/mol. The lowest BCUT2D eigenvalue weighted by atomic mass is 9.98. The second-order valence-electron chi connectivity index (χ2n) is 11.2. The maximum Gasteiger partial charge on any atom is 0.253 e. The number of rotatable bonds is 9. The number of nitrogens with zero attached hydrogens (tertiary/aromatic N) is 6. The molecular formula is C32H36N6O3. The Morgan fingerprint density at radius 2 is 1.93 bits per heavy atom. The first-order chi connectivity index (χ1) is 19.9. The van der Waals surface area contributed by atoms with Crippen LogP contribution in [0.1, 0.15) is 41.7 Å². The van der Waals surface area contributed by atoms with Crippen LogP contribution in [-0.2, 0) is 17.9 Å². The molecule has 1 fully saturated rings. The molecule has 1 aliphatic heterocycles. The van der Waals surface area contributed by atoms with Crippen molar-refractivity contribution >= 4 is 28.3 Å². The summed E-state index contributed by atoms with van der Waals surface area (Å²) in [6.07, 6.45) is 9.29. The van der Waals surface area contributed by atoms with Crippen LogP contribution in [0.25, 0.3) is 27.6 Å². The lowest BCUT2D eigenvalue weighted by Crippen LogP contribution is -2.36. The van der Waals surface area contributed by atoms with Crippen molar-refractivity contribution in [2.24, 2.45) is 5.92 Å². The molecule has 0 unspecified atom stereocenters. The van der Waals surface area contributed by atoms with Crippen LogP contribution in [0.4, 0.5) is 0 Å². The minimum atomic E-state index is -0.0411. The van der Waals surface area contributed by atoms with Crippen LogP contribution in [0.15, 0.2) is 60.9 Å². The lowest BCUT2D eigenvalue weighted by Gasteiger charge is -2.28. The van der Waals surface area contributed by atoms with Gasteiger partial charge >= 0.3 is 0 Å². The third kappa shape index (κ3) is 5.49. The fraction of sp³-hybridized carbons (Fsp3) is 0.375. The number of aryl methyl sites for hydroxylation is 1. The summed E-state index contributed by atoms with van der Waals surface area (Å²) < 4.78 is 9.89. The van der Waals surface area contributed by atoms with Gasteiger partial charge in [-0.2, -0.15) is 0 Å². The van der Waals surface area contributed by atoms with Crippen molar-refractivity contribution in [3.63, 3.8) is 0 Å². The van der Waals surface area contributed by atoms with Gasteiger partial charge in [0, 0.05) is 74.1 Å². The van der Waals surface area contributed by atoms with Crippen molar-refractivity contribution < 1.29 is 14.3 Å². The molecule has 2 aromatic carbocycles. The molecule has 1 aliphatic carbocycles. The molecule has 0 spiro atoms. The van der Waals surface area contributed by atoms with E-state index in [0.717, 1.165) is 52.0 Å². The number of fused-ring (bicyclic) bond motifs is 1. The summed E-state index contributed by atoms with van der Waals surface area (Å²) in [5.41, 5.74) is 5.94. The Hall–Kier alpha value is -4.40. The van der Waals surface area contributed by atoms with Gasteiger partial charge in [-0.25, -0.2) is 0 Å². The zero-order valence-corrected chi connectivity index (χ0v) is 23.9. The van der Waals surface area contributed by atoms with Gasteiger partial charge in [-0.05, 0) is 55.0 Å². The molecule has 3 heterocycles. The van der Waals surface area contributed by atoms with E-state index in [-0.39, 0.29) is 11.8 Å². The van der Waals surface area contributed by atoms with Gasteiger partial charge in [0.1, 0.15) is 5.75 Å². The molecular weight excluding hydrogens is 516 g/mol. The van der Waals surface area contributed by atoms with Crippen LogP contribution in [0.2, 0.25) is 0 Å². The van der Waals surface area contributed by atoms with E-state index in [4.69, 9.17) is 4.74 Å². The minimum Gasteiger partial charge on any atom is -0.496 e. The summed E-state index contributed by atoms with van der Waals surface area (Å²) in [6.45, 7) is 2.68. The highest BCUT2D eigenvalue weighted by molar-refractivity contribution is 6.05. The molecule has 2 aromatic heterocycles. The minimum absolute atomic E-state index is 0.0411. The van der Waals surface area contributed by atoms with Crippen molar-refractivity contribution in [2.75, 3.05) is 34.3 Å². The Morgan fingerprint density at radius 1 is 1.10 bits per heavy atom. The highest BCUT2D eigenvalue weighted by atomic mass is 16.5. The fourth-order valence-corrected chi connectivity index (χ4v) is 5.74. The second kappa shape index (κ2) is 11.2. The van der Waals surface area contributed by atoms with Crippen LogP contribution in [0.5, 0.6) is 5.75 Å². The zero-order valence-electron chi connectivity index (χ0n) is 23.9. The van der Waals surface area contributed by atoms with E-state index in [0.29, 0.717) is 37.5 Å². The Kier molecular flexibility index (Phi) is 7.34. The Morgan fingerprint density at radius 3 is 2.66 bits per heavy atom. The van der Waals surface area contributed by atoms with E-state index in [9.17, 15) is 9.59 Å². The Labute approximate surface area is 240 Å². The molecule has 0 bridgehead atoms. The molecule has 212 valence electrons. The highest BCUT2D eigenvalue weighted by Gasteiger charge is 2.28. The van der Waals surface area contributed by atoms with Crippen LogP contribution < -0.4 is 4.74 Å². The summed E-state index contributed by atoms with van der Waals surface area (Å²) >= 11 is 0. The zero-order chi connectivity index (χ0) is 28.5. The van der Waals surface area contributed by atoms with Crippen LogP contribution >= 0.6 is 0 Å². The number of carbonyl (C=O) groups is 2. The maximum atomic E-state index is 13.2. The quantitative estimate of drug-likeness (QED) is 0.300. The topological polar surface area (TPSA) is 85.5 Å². The van der Waals surface area contributed by atoms with E-state index in [2.05, 4.69) is 33.1 Å². The first kappa shape index (κ1) is 26.8. The number of hydrogen-bond acceptors (Lipinski definition) is 5. The normalized spacial score (nSPS) is 15.2. The van der Waals surface area contributed by atoms with E-state index in [1.165, 1.54) is 12.8 Å². The average molecular weight is 553 g/mol. The summed E-state index contributed by atoms with van der Waals surface area (Å²) in [4.78, 5) is 29.9. The van der Waals surface area contributed by atoms with E-state index >= 15 is 0 Å². The van der Waals surface area contributed by atoms with Crippen LogP contribution in [-0.4, -0.2) is 75.5 Å². The van der Waals surface area contributed by atoms with Gasteiger partial charge in [0.25, 0.3) is 5.91 Å². The number of carbonyl (C=O) groups excluding carboxylic acids is 2. The van der Waals surface area contributed by atoms with Crippen LogP contribution in [0.3, 0.4) is 0 Å². The van der Waals surface area contributed by atoms with Gasteiger partial charge in [-0.3, -0.25) is 14.3 Å². The number of ether oxygens (including phenoxy) is 1. The molecule has 0 N–H and O–H groups in total. The number of amides is 2. The maximum absolute atomic E-state index is 13.2. The van der Waals surface area contributed by atoms with Gasteiger partial charge in [-0.1, -0.05) is 29.5 Å². The standard InChI is InChI=1S/C32H36N6O3/c1-35(2)32(40)25-17-24-19-28(23-7-6-14-36(21-23)30(39)12-15-37-16-13-33-34-37)38(20-22-10-11-22)31(24)27(18-25)26-8-4-5-9-29(26)41-3/h4-5,7-9,13,16-19,22H,6,10-12,14-15,20-21H2,1-3H3. The molecule has 9 heteroatoms. The fourth-order valence-electron chi connectivity index (χ4n) is 5.74. The SMILES string of the molecule is COc1ccccc1-c1cc(C(=O)N(C)C)cc2cc(C3=CCCN(C(=O)CCn4ccnn4)C3)n(CC3CC3)c12. The van der Waals surface area contributed by atoms with Crippen molar-refractivity contribution in [1.29, 1.82) is 0 Å². The number of hydrogen-bond donors (Lipinski definition) is 0. The van der Waals surface area contributed by atoms with Crippen molar-refractivity contribution in [1.82, 2.24) is 29.4 Å². The van der Waals surface area contributed by atoms with Gasteiger partial charge < -0.3 is 19.1 Å². The van der Waals surface area contributed by atoms with E-state index < -0.39 is 0 Å². The summed E-state index contributed by atoms with van der Waals surface area (Å²) in [5, 5.41) is 8.84. The first-order valence-corrected chi connectivity index (χ1v) is 14.3. The van der Waals surface area contributed by atoms with Crippen molar-refractivity contribution in [3.8, 4) is 16.9 Å². The van der Waals surface area contributed by atoms with Crippen molar-refractivity contribution in [2.45, 2.75) is 38.8 Å². The number of para-hydroxylation sites is 1. The molecule has 2 aliphatic rings. The van der Waals surface area contributed by atoms with Gasteiger partial charge in [-0.15, -0.1) is 5.10 Å². The molecule has 0 saturated heterocycles. The molecule has 0 atom stereocenters. The molecule has 9 nitrogen and oxygen atoms in total. The smallest absolute Gasteiger partial charge is 0.253 e. The van der Waals surface area contributed by atoms with E-state index in [1.54, 1.807) is 43.2 Å². The Bertz CT molecular complexity index is 1610. The van der Waals surface area contributed by atoms with Crippen LogP contribution in [0, 0.1) is 5.92 Å². The molecule has 2 amide bonds. The van der Waals surface area contributed by atoms with Crippen molar-refractivity contribution in [3.05, 3.63) is 72.2 Å². The lowest BCUT2D eigenvalue weighted by molar-refractivity contribution is -0.131. The molecule has 1 saturated carbocycles. The second-order valence-corrected chi connectivity index (χ2v) is 11.2. The summed E-state index contributed by atoms with van der Waals surface area (Å²) in [5.74, 6) is 1.47. The largest absolute Gasteiger partial charge is 0.496 e. The average Bonchev–Trinajstić information content (AvgIpc) is 3.52. The van der Waals surface area contributed by atoms with Gasteiger partial charge in [0.15, 0.2) is 0 Å². The predicted octanol–water partition coefficient (Wildman–Crippen LogP) is 4.73.